The first-order valence-electron chi connectivity index (χ1n) is 5.51. The van der Waals surface area contributed by atoms with Gasteiger partial charge in [-0.1, -0.05) is 0 Å². The van der Waals surface area contributed by atoms with Crippen LogP contribution in [0.2, 0.25) is 0 Å². The first-order chi connectivity index (χ1) is 8.18. The maximum absolute atomic E-state index is 12.6. The van der Waals surface area contributed by atoms with Crippen LogP contribution in [-0.4, -0.2) is 53.2 Å². The van der Waals surface area contributed by atoms with Crippen LogP contribution in [-0.2, 0) is 9.59 Å². The fraction of sp³-hybridized carbons (Fsp3) is 0.800. The van der Waals surface area contributed by atoms with Gasteiger partial charge in [0.2, 0.25) is 11.4 Å². The van der Waals surface area contributed by atoms with Crippen molar-refractivity contribution in [2.45, 2.75) is 31.5 Å². The lowest BCUT2D eigenvalue weighted by molar-refractivity contribution is -0.205. The van der Waals surface area contributed by atoms with Crippen molar-refractivity contribution in [1.82, 2.24) is 10.2 Å². The normalized spacial score (nSPS) is 19.7. The van der Waals surface area contributed by atoms with Gasteiger partial charge >= 0.3 is 12.1 Å². The van der Waals surface area contributed by atoms with Crippen molar-refractivity contribution >= 4 is 11.9 Å². The Hall–Kier alpha value is -1.31. The maximum atomic E-state index is 12.6. The number of carbonyl (C=O) groups is 2. The zero-order chi connectivity index (χ0) is 14.0. The summed E-state index contributed by atoms with van der Waals surface area (Å²) in [6.07, 6.45) is -3.33. The average molecular weight is 268 g/mol. The topological polar surface area (TPSA) is 69.6 Å². The minimum absolute atomic E-state index is 0.507. The molecule has 0 spiro atoms. The van der Waals surface area contributed by atoms with Crippen LogP contribution < -0.4 is 5.32 Å². The Labute approximate surface area is 102 Å². The van der Waals surface area contributed by atoms with Gasteiger partial charge in [-0.2, -0.15) is 13.2 Å². The third-order valence-corrected chi connectivity index (χ3v) is 3.05. The number of amides is 1. The number of hydrogen-bond acceptors (Lipinski definition) is 3. The van der Waals surface area contributed by atoms with Crippen LogP contribution in [0.3, 0.4) is 0 Å². The smallest absolute Gasteiger partial charge is 0.417 e. The van der Waals surface area contributed by atoms with E-state index in [1.54, 1.807) is 5.32 Å². The van der Waals surface area contributed by atoms with Crippen LogP contribution in [0.1, 0.15) is 19.8 Å². The van der Waals surface area contributed by atoms with E-state index in [0.717, 1.165) is 12.8 Å². The van der Waals surface area contributed by atoms with E-state index in [2.05, 4.69) is 0 Å². The van der Waals surface area contributed by atoms with E-state index in [1.807, 2.05) is 0 Å². The molecule has 1 fully saturated rings. The van der Waals surface area contributed by atoms with Crippen molar-refractivity contribution in [2.24, 2.45) is 0 Å². The molecule has 1 aliphatic rings. The first kappa shape index (κ1) is 14.7. The van der Waals surface area contributed by atoms with E-state index < -0.39 is 30.1 Å². The van der Waals surface area contributed by atoms with Crippen LogP contribution in [0.15, 0.2) is 0 Å². The summed E-state index contributed by atoms with van der Waals surface area (Å²) < 4.78 is 37.8. The minimum atomic E-state index is -4.97. The van der Waals surface area contributed by atoms with E-state index in [4.69, 9.17) is 5.11 Å². The van der Waals surface area contributed by atoms with Gasteiger partial charge in [0.05, 0.1) is 6.54 Å². The van der Waals surface area contributed by atoms with Gasteiger partial charge in [-0.25, -0.2) is 4.79 Å². The predicted octanol–water partition coefficient (Wildman–Crippen LogP) is 0.604. The Balaban J connectivity index is 2.63. The van der Waals surface area contributed by atoms with Crippen molar-refractivity contribution < 1.29 is 27.9 Å². The lowest BCUT2D eigenvalue weighted by Crippen LogP contribution is -2.61. The van der Waals surface area contributed by atoms with Gasteiger partial charge in [-0.05, 0) is 19.8 Å². The van der Waals surface area contributed by atoms with Crippen LogP contribution in [0.4, 0.5) is 13.2 Å². The van der Waals surface area contributed by atoms with Gasteiger partial charge in [-0.3, -0.25) is 10.1 Å². The molecule has 1 heterocycles. The number of aliphatic carboxylic acids is 1. The zero-order valence-electron chi connectivity index (χ0n) is 9.88. The average Bonchev–Trinajstić information content (AvgIpc) is 2.76. The summed E-state index contributed by atoms with van der Waals surface area (Å²) in [7, 11) is 0. The van der Waals surface area contributed by atoms with E-state index in [-0.39, 0.29) is 0 Å². The SMILES string of the molecule is CC(NCC(=O)N1CCCC1)(C(=O)O)C(F)(F)F. The molecule has 1 rings (SSSR count). The van der Waals surface area contributed by atoms with E-state index >= 15 is 0 Å². The summed E-state index contributed by atoms with van der Waals surface area (Å²) in [5, 5.41) is 10.4. The number of alkyl halides is 3. The van der Waals surface area contributed by atoms with Gasteiger partial charge < -0.3 is 10.0 Å². The number of carbonyl (C=O) groups excluding carboxylic acids is 1. The molecule has 1 aliphatic heterocycles. The second-order valence-electron chi connectivity index (χ2n) is 4.37. The molecule has 5 nitrogen and oxygen atoms in total. The maximum Gasteiger partial charge on any atom is 0.417 e. The molecular formula is C10H15F3N2O3. The van der Waals surface area contributed by atoms with Crippen molar-refractivity contribution in [2.75, 3.05) is 19.6 Å². The molecule has 2 N–H and O–H groups in total. The van der Waals surface area contributed by atoms with E-state index in [9.17, 15) is 22.8 Å². The Bertz CT molecular complexity index is 340. The summed E-state index contributed by atoms with van der Waals surface area (Å²) in [5.41, 5.74) is -3.11. The number of hydrogen-bond donors (Lipinski definition) is 2. The molecule has 1 amide bonds. The quantitative estimate of drug-likeness (QED) is 0.783. The predicted molar refractivity (Wildman–Crippen MR) is 55.9 cm³/mol. The number of carboxylic acids is 1. The largest absolute Gasteiger partial charge is 0.480 e. The van der Waals surface area contributed by atoms with Gasteiger partial charge in [0.15, 0.2) is 0 Å². The number of rotatable bonds is 4. The van der Waals surface area contributed by atoms with E-state index in [0.29, 0.717) is 20.0 Å². The fourth-order valence-electron chi connectivity index (χ4n) is 1.63. The van der Waals surface area contributed by atoms with Gasteiger partial charge in [0, 0.05) is 13.1 Å². The fourth-order valence-corrected chi connectivity index (χ4v) is 1.63. The Morgan fingerprint density at radius 3 is 2.17 bits per heavy atom. The van der Waals surface area contributed by atoms with Crippen LogP contribution in [0, 0.1) is 0 Å². The molecule has 18 heavy (non-hydrogen) atoms. The first-order valence-corrected chi connectivity index (χ1v) is 5.51. The molecular weight excluding hydrogens is 253 g/mol. The summed E-state index contributed by atoms with van der Waals surface area (Å²) in [4.78, 5) is 23.7. The molecule has 0 saturated carbocycles. The second kappa shape index (κ2) is 5.13. The molecule has 104 valence electrons. The highest BCUT2D eigenvalue weighted by Gasteiger charge is 2.57. The molecule has 0 bridgehead atoms. The third-order valence-electron chi connectivity index (χ3n) is 3.05. The van der Waals surface area contributed by atoms with Crippen molar-refractivity contribution in [3.05, 3.63) is 0 Å². The zero-order valence-corrected chi connectivity index (χ0v) is 9.88. The standard InChI is InChI=1S/C10H15F3N2O3/c1-9(8(17)18,10(11,12)13)14-6-7(16)15-4-2-3-5-15/h14H,2-6H2,1H3,(H,17,18). The molecule has 1 atom stereocenters. The number of carboxylic acid groups (broad SMARTS) is 1. The highest BCUT2D eigenvalue weighted by molar-refractivity contribution is 5.82. The van der Waals surface area contributed by atoms with Crippen LogP contribution >= 0.6 is 0 Å². The van der Waals surface area contributed by atoms with Gasteiger partial charge in [-0.15, -0.1) is 0 Å². The molecule has 8 heteroatoms. The molecule has 0 aliphatic carbocycles. The second-order valence-corrected chi connectivity index (χ2v) is 4.37. The van der Waals surface area contributed by atoms with Gasteiger partial charge in [0.1, 0.15) is 0 Å². The third kappa shape index (κ3) is 2.92. The Morgan fingerprint density at radius 2 is 1.78 bits per heavy atom. The van der Waals surface area contributed by atoms with Crippen LogP contribution in [0.5, 0.6) is 0 Å². The monoisotopic (exact) mass is 268 g/mol. The number of nitrogens with one attached hydrogen (secondary N) is 1. The molecule has 0 aromatic heterocycles. The highest BCUT2D eigenvalue weighted by atomic mass is 19.4. The molecule has 0 aromatic carbocycles. The summed E-state index contributed by atoms with van der Waals surface area (Å²) in [6.45, 7) is 0.890. The highest BCUT2D eigenvalue weighted by Crippen LogP contribution is 2.30. The molecule has 0 aromatic rings. The van der Waals surface area contributed by atoms with Crippen molar-refractivity contribution in [1.29, 1.82) is 0 Å². The number of halogens is 3. The summed E-state index contributed by atoms with van der Waals surface area (Å²) in [5.74, 6) is -2.56. The van der Waals surface area contributed by atoms with Crippen molar-refractivity contribution in [3.8, 4) is 0 Å². The summed E-state index contributed by atoms with van der Waals surface area (Å²) >= 11 is 0. The molecule has 1 unspecified atom stereocenters. The van der Waals surface area contributed by atoms with Gasteiger partial charge in [0.25, 0.3) is 0 Å². The Kier molecular flexibility index (Phi) is 4.20. The lowest BCUT2D eigenvalue weighted by atomic mass is 10.0. The Morgan fingerprint density at radius 1 is 1.28 bits per heavy atom. The minimum Gasteiger partial charge on any atom is -0.480 e. The van der Waals surface area contributed by atoms with Crippen molar-refractivity contribution in [3.63, 3.8) is 0 Å². The lowest BCUT2D eigenvalue weighted by Gasteiger charge is -2.29. The number of likely N-dealkylation sites (tertiary alicyclic amines) is 1. The number of nitrogens with zero attached hydrogens (tertiary/aromatic N) is 1. The van der Waals surface area contributed by atoms with E-state index in [1.165, 1.54) is 4.90 Å². The van der Waals surface area contributed by atoms with Crippen LogP contribution in [0.25, 0.3) is 0 Å². The molecule has 0 radical (unpaired) electrons. The molecule has 1 saturated heterocycles. The summed E-state index contributed by atoms with van der Waals surface area (Å²) in [6, 6.07) is 0.